The highest BCUT2D eigenvalue weighted by Gasteiger charge is 2.02. The van der Waals surface area contributed by atoms with E-state index in [1.165, 1.54) is 17.4 Å². The molecule has 0 atom stereocenters. The van der Waals surface area contributed by atoms with Crippen LogP contribution in [-0.4, -0.2) is 5.78 Å². The van der Waals surface area contributed by atoms with E-state index in [-0.39, 0.29) is 5.78 Å². The molecule has 0 aliphatic rings. The van der Waals surface area contributed by atoms with Gasteiger partial charge in [0.1, 0.15) is 0 Å². The minimum Gasteiger partial charge on any atom is -0.288 e. The molecular weight excluding hydrogens is 240 g/mol. The van der Waals surface area contributed by atoms with Gasteiger partial charge in [-0.2, -0.15) is 0 Å². The van der Waals surface area contributed by atoms with Gasteiger partial charge in [-0.15, -0.1) is 11.3 Å². The zero-order chi connectivity index (χ0) is 11.4. The van der Waals surface area contributed by atoms with Crippen LogP contribution in [0.2, 0.25) is 5.02 Å². The molecule has 0 aliphatic carbocycles. The Labute approximate surface area is 103 Å². The highest BCUT2D eigenvalue weighted by molar-refractivity contribution is 7.12. The number of allylic oxidation sites excluding steroid dienone is 1. The van der Waals surface area contributed by atoms with Crippen LogP contribution in [0.5, 0.6) is 0 Å². The van der Waals surface area contributed by atoms with E-state index in [2.05, 4.69) is 6.08 Å². The second kappa shape index (κ2) is 5.10. The number of halogens is 1. The zero-order valence-corrected chi connectivity index (χ0v) is 9.89. The molecule has 1 nitrogen and oxygen atoms in total. The van der Waals surface area contributed by atoms with Gasteiger partial charge >= 0.3 is 0 Å². The summed E-state index contributed by atoms with van der Waals surface area (Å²) in [5.41, 5.74) is 0.731. The Balaban J connectivity index is 2.16. The maximum atomic E-state index is 11.6. The number of ketones is 1. The van der Waals surface area contributed by atoms with Crippen molar-refractivity contribution in [1.82, 2.24) is 0 Å². The first-order valence-corrected chi connectivity index (χ1v) is 5.95. The summed E-state index contributed by atoms with van der Waals surface area (Å²) in [5, 5.41) is 2.47. The fourth-order valence-electron chi connectivity index (χ4n) is 1.21. The molecule has 0 spiro atoms. The van der Waals surface area contributed by atoms with Crippen LogP contribution in [0.3, 0.4) is 0 Å². The molecule has 0 N–H and O–H groups in total. The summed E-state index contributed by atoms with van der Waals surface area (Å²) >= 11 is 7.36. The van der Waals surface area contributed by atoms with Crippen molar-refractivity contribution in [2.75, 3.05) is 0 Å². The van der Waals surface area contributed by atoms with E-state index in [9.17, 15) is 4.79 Å². The molecule has 0 unspecified atom stereocenters. The first kappa shape index (κ1) is 11.1. The Morgan fingerprint density at radius 2 is 2.06 bits per heavy atom. The minimum atomic E-state index is -0.0464. The summed E-state index contributed by atoms with van der Waals surface area (Å²) in [5.74, 6) is -0.0464. The lowest BCUT2D eigenvalue weighted by molar-refractivity contribution is 0.105. The third kappa shape index (κ3) is 2.60. The molecule has 0 fully saturated rings. The number of carbonyl (C=O) groups excluding carboxylic acids is 1. The SMILES string of the molecule is O=C(/C=[C]/c1ccccc1Cl)c1cccs1. The maximum Gasteiger partial charge on any atom is 0.196 e. The van der Waals surface area contributed by atoms with Crippen LogP contribution >= 0.6 is 22.9 Å². The number of rotatable bonds is 3. The standard InChI is InChI=1S/C13H8ClOS/c14-11-5-2-1-4-10(11)7-8-12(15)13-6-3-9-16-13/h1-6,8-9H. The molecule has 3 heteroatoms. The predicted molar refractivity (Wildman–Crippen MR) is 67.0 cm³/mol. The van der Waals surface area contributed by atoms with Crippen LogP contribution in [0, 0.1) is 6.08 Å². The summed E-state index contributed by atoms with van der Waals surface area (Å²) in [6, 6.07) is 10.9. The van der Waals surface area contributed by atoms with Gasteiger partial charge in [0.25, 0.3) is 0 Å². The van der Waals surface area contributed by atoms with Crippen LogP contribution in [-0.2, 0) is 0 Å². The molecule has 0 bridgehead atoms. The summed E-state index contributed by atoms with van der Waals surface area (Å²) in [6.45, 7) is 0. The van der Waals surface area contributed by atoms with Crippen molar-refractivity contribution < 1.29 is 4.79 Å². The Morgan fingerprint density at radius 3 is 2.75 bits per heavy atom. The summed E-state index contributed by atoms with van der Waals surface area (Å²) < 4.78 is 0. The second-order valence-electron chi connectivity index (χ2n) is 3.11. The Morgan fingerprint density at radius 1 is 1.25 bits per heavy atom. The van der Waals surface area contributed by atoms with Crippen LogP contribution in [0.15, 0.2) is 47.9 Å². The monoisotopic (exact) mass is 247 g/mol. The number of hydrogen-bond donors (Lipinski definition) is 0. The largest absolute Gasteiger partial charge is 0.288 e. The Kier molecular flexibility index (Phi) is 3.54. The van der Waals surface area contributed by atoms with Crippen molar-refractivity contribution in [3.05, 3.63) is 69.4 Å². The van der Waals surface area contributed by atoms with Crippen LogP contribution in [0.4, 0.5) is 0 Å². The van der Waals surface area contributed by atoms with Gasteiger partial charge in [0.15, 0.2) is 5.78 Å². The predicted octanol–water partition coefficient (Wildman–Crippen LogP) is 3.99. The smallest absolute Gasteiger partial charge is 0.196 e. The molecule has 1 radical (unpaired) electrons. The zero-order valence-electron chi connectivity index (χ0n) is 8.31. The molecule has 1 aromatic carbocycles. The molecule has 79 valence electrons. The summed E-state index contributed by atoms with van der Waals surface area (Å²) in [4.78, 5) is 12.3. The molecule has 16 heavy (non-hydrogen) atoms. The minimum absolute atomic E-state index is 0.0464. The van der Waals surface area contributed by atoms with Crippen molar-refractivity contribution >= 4 is 28.7 Å². The van der Waals surface area contributed by atoms with Crippen LogP contribution in [0.1, 0.15) is 15.2 Å². The third-order valence-corrected chi connectivity index (χ3v) is 3.21. The Bertz CT molecular complexity index is 514. The first-order valence-electron chi connectivity index (χ1n) is 4.69. The molecule has 0 saturated carbocycles. The van der Waals surface area contributed by atoms with Crippen molar-refractivity contribution in [1.29, 1.82) is 0 Å². The molecule has 2 rings (SSSR count). The Hall–Kier alpha value is -1.38. The lowest BCUT2D eigenvalue weighted by atomic mass is 10.2. The van der Waals surface area contributed by atoms with Crippen LogP contribution < -0.4 is 0 Å². The van der Waals surface area contributed by atoms with E-state index in [0.29, 0.717) is 9.90 Å². The summed E-state index contributed by atoms with van der Waals surface area (Å²) in [7, 11) is 0. The van der Waals surface area contributed by atoms with Crippen molar-refractivity contribution in [2.45, 2.75) is 0 Å². The van der Waals surface area contributed by atoms with Crippen molar-refractivity contribution in [3.8, 4) is 0 Å². The molecule has 1 heterocycles. The van der Waals surface area contributed by atoms with Crippen molar-refractivity contribution in [3.63, 3.8) is 0 Å². The fourth-order valence-corrected chi connectivity index (χ4v) is 2.04. The molecule has 1 aromatic heterocycles. The van der Waals surface area contributed by atoms with E-state index in [4.69, 9.17) is 11.6 Å². The first-order chi connectivity index (χ1) is 7.77. The van der Waals surface area contributed by atoms with E-state index < -0.39 is 0 Å². The van der Waals surface area contributed by atoms with E-state index in [1.54, 1.807) is 12.1 Å². The van der Waals surface area contributed by atoms with Gasteiger partial charge < -0.3 is 0 Å². The van der Waals surface area contributed by atoms with Gasteiger partial charge in [-0.3, -0.25) is 4.79 Å². The molecule has 0 amide bonds. The van der Waals surface area contributed by atoms with Gasteiger partial charge in [-0.05, 0) is 29.7 Å². The maximum absolute atomic E-state index is 11.6. The lowest BCUT2D eigenvalue weighted by Gasteiger charge is -1.94. The average molecular weight is 248 g/mol. The average Bonchev–Trinajstić information content (AvgIpc) is 2.81. The number of benzene rings is 1. The van der Waals surface area contributed by atoms with Gasteiger partial charge in [0.2, 0.25) is 0 Å². The molecular formula is C13H8ClOS. The van der Waals surface area contributed by atoms with Gasteiger partial charge in [0, 0.05) is 10.6 Å². The number of thiophene rings is 1. The third-order valence-electron chi connectivity index (χ3n) is 2.00. The van der Waals surface area contributed by atoms with Crippen LogP contribution in [0.25, 0.3) is 0 Å². The number of hydrogen-bond acceptors (Lipinski definition) is 2. The second-order valence-corrected chi connectivity index (χ2v) is 4.46. The number of carbonyl (C=O) groups is 1. The molecule has 2 aromatic rings. The van der Waals surface area contributed by atoms with Crippen molar-refractivity contribution in [2.24, 2.45) is 0 Å². The normalized spacial score (nSPS) is 10.8. The van der Waals surface area contributed by atoms with E-state index in [0.717, 1.165) is 5.56 Å². The van der Waals surface area contributed by atoms with E-state index in [1.807, 2.05) is 29.6 Å². The highest BCUT2D eigenvalue weighted by Crippen LogP contribution is 2.16. The quantitative estimate of drug-likeness (QED) is 0.592. The summed E-state index contributed by atoms with van der Waals surface area (Å²) in [6.07, 6.45) is 4.32. The van der Waals surface area contributed by atoms with Gasteiger partial charge in [0.05, 0.1) is 4.88 Å². The lowest BCUT2D eigenvalue weighted by Crippen LogP contribution is -1.89. The molecule has 0 saturated heterocycles. The highest BCUT2D eigenvalue weighted by atomic mass is 35.5. The van der Waals surface area contributed by atoms with Gasteiger partial charge in [-0.1, -0.05) is 35.9 Å². The fraction of sp³-hybridized carbons (Fsp3) is 0. The van der Waals surface area contributed by atoms with Gasteiger partial charge in [-0.25, -0.2) is 0 Å². The van der Waals surface area contributed by atoms with E-state index >= 15 is 0 Å². The molecule has 0 aliphatic heterocycles. The topological polar surface area (TPSA) is 17.1 Å².